The summed E-state index contributed by atoms with van der Waals surface area (Å²) in [6.45, 7) is 11.9. The molecule has 0 radical (unpaired) electrons. The van der Waals surface area contributed by atoms with Gasteiger partial charge in [0.05, 0.1) is 37.5 Å². The van der Waals surface area contributed by atoms with Crippen LogP contribution in [0.5, 0.6) is 17.2 Å². The minimum atomic E-state index is -0.473. The Bertz CT molecular complexity index is 1690. The maximum absolute atomic E-state index is 13.0. The van der Waals surface area contributed by atoms with Crippen LogP contribution >= 0.6 is 0 Å². The lowest BCUT2D eigenvalue weighted by molar-refractivity contribution is -0.161. The number of hydrogen-bond donors (Lipinski definition) is 0. The van der Waals surface area contributed by atoms with E-state index >= 15 is 0 Å². The Balaban J connectivity index is 0.859. The number of nitrogens with zero attached hydrogens (tertiary/aromatic N) is 1. The number of likely N-dealkylation sites (tertiary alicyclic amines) is 1. The second kappa shape index (κ2) is 25.0. The number of rotatable bonds is 23. The van der Waals surface area contributed by atoms with Gasteiger partial charge in [0, 0.05) is 23.9 Å². The summed E-state index contributed by atoms with van der Waals surface area (Å²) in [4.78, 5) is 52.8. The lowest BCUT2D eigenvalue weighted by Gasteiger charge is -2.53. The molecule has 0 spiro atoms. The molecule has 1 aliphatic heterocycles. The molecule has 0 unspecified atom stereocenters. The van der Waals surface area contributed by atoms with E-state index in [1.165, 1.54) is 51.4 Å². The van der Waals surface area contributed by atoms with Crippen molar-refractivity contribution in [2.45, 2.75) is 193 Å². The predicted molar refractivity (Wildman–Crippen MR) is 247 cm³/mol. The molecule has 0 amide bonds. The summed E-state index contributed by atoms with van der Waals surface area (Å²) in [5.41, 5.74) is 0.271. The molecule has 10 nitrogen and oxygen atoms in total. The molecular weight excluding hydrogens is 795 g/mol. The van der Waals surface area contributed by atoms with Gasteiger partial charge < -0.3 is 23.7 Å². The smallest absolute Gasteiger partial charge is 0.343 e. The molecule has 1 saturated heterocycles. The van der Waals surface area contributed by atoms with Crippen LogP contribution in [-0.4, -0.2) is 66.2 Å². The molecule has 2 aromatic carbocycles. The summed E-state index contributed by atoms with van der Waals surface area (Å²) < 4.78 is 28.3. The molecule has 0 bridgehead atoms. The van der Waals surface area contributed by atoms with Crippen molar-refractivity contribution >= 4 is 23.9 Å². The number of piperidine rings is 1. The highest BCUT2D eigenvalue weighted by molar-refractivity contribution is 5.91. The monoisotopic (exact) mass is 874 g/mol. The van der Waals surface area contributed by atoms with Crippen molar-refractivity contribution in [1.82, 2.24) is 4.90 Å². The zero-order valence-corrected chi connectivity index (χ0v) is 39.6. The van der Waals surface area contributed by atoms with E-state index < -0.39 is 5.97 Å². The van der Waals surface area contributed by atoms with Crippen molar-refractivity contribution in [1.29, 1.82) is 0 Å². The Morgan fingerprint density at radius 3 is 1.73 bits per heavy atom. The molecule has 10 heteroatoms. The van der Waals surface area contributed by atoms with Crippen LogP contribution in [0.4, 0.5) is 0 Å². The summed E-state index contributed by atoms with van der Waals surface area (Å²) in [5.74, 6) is 2.69. The van der Waals surface area contributed by atoms with Gasteiger partial charge in [0.15, 0.2) is 0 Å². The first-order valence-corrected chi connectivity index (χ1v) is 24.6. The number of unbranched alkanes of at least 4 members (excludes halogenated alkanes) is 7. The van der Waals surface area contributed by atoms with E-state index in [0.717, 1.165) is 94.8 Å². The number of hydrogen-bond acceptors (Lipinski definition) is 10. The predicted octanol–water partition coefficient (Wildman–Crippen LogP) is 12.2. The third-order valence-electron chi connectivity index (χ3n) is 14.4. The Kier molecular flexibility index (Phi) is 19.8. The average molecular weight is 874 g/mol. The fraction of sp³-hybridized carbons (Fsp3) is 0.698. The zero-order chi connectivity index (χ0) is 45.2. The highest BCUT2D eigenvalue weighted by atomic mass is 16.6. The number of esters is 4. The molecule has 0 atom stereocenters. The van der Waals surface area contributed by atoms with Crippen molar-refractivity contribution in [2.75, 3.05) is 20.3 Å². The van der Waals surface area contributed by atoms with Gasteiger partial charge in [-0.1, -0.05) is 71.1 Å². The van der Waals surface area contributed by atoms with Crippen LogP contribution in [0.3, 0.4) is 0 Å². The van der Waals surface area contributed by atoms with Crippen LogP contribution in [0.2, 0.25) is 0 Å². The zero-order valence-electron chi connectivity index (χ0n) is 39.6. The quantitative estimate of drug-likeness (QED) is 0.0607. The van der Waals surface area contributed by atoms with Crippen LogP contribution in [0.1, 0.15) is 186 Å². The fourth-order valence-electron chi connectivity index (χ4n) is 10.3. The summed E-state index contributed by atoms with van der Waals surface area (Å²) in [7, 11) is 2.11. The molecule has 2 aliphatic carbocycles. The van der Waals surface area contributed by atoms with Gasteiger partial charge >= 0.3 is 23.9 Å². The Morgan fingerprint density at radius 2 is 1.13 bits per heavy atom. The normalized spacial score (nSPS) is 22.4. The largest absolute Gasteiger partial charge is 0.494 e. The Labute approximate surface area is 378 Å². The molecule has 0 N–H and O–H groups in total. The number of benzene rings is 2. The summed E-state index contributed by atoms with van der Waals surface area (Å²) >= 11 is 0. The van der Waals surface area contributed by atoms with Gasteiger partial charge in [-0.3, -0.25) is 19.3 Å². The third-order valence-corrected chi connectivity index (χ3v) is 14.4. The SMILES string of the molecule is CCCCCC1CCC(C2CCC(C(=O)Oc3ccc(OC(=O)c4ccc(OCCCCCCCCOC(=O)CCC(=O)OC5CC(C)(C)N(C)C(C)(C)C5)cc4)cc3)CC2)CC1. The number of ether oxygens (including phenoxy) is 5. The average Bonchev–Trinajstić information content (AvgIpc) is 3.26. The Hall–Kier alpha value is -3.92. The van der Waals surface area contributed by atoms with Crippen LogP contribution < -0.4 is 14.2 Å². The van der Waals surface area contributed by atoms with Gasteiger partial charge in [-0.25, -0.2) is 4.79 Å². The number of carbonyl (C=O) groups excluding carboxylic acids is 4. The van der Waals surface area contributed by atoms with Gasteiger partial charge in [0.25, 0.3) is 0 Å². The van der Waals surface area contributed by atoms with Gasteiger partial charge in [-0.15, -0.1) is 0 Å². The van der Waals surface area contributed by atoms with E-state index in [4.69, 9.17) is 23.7 Å². The van der Waals surface area contributed by atoms with Crippen molar-refractivity contribution < 1.29 is 42.9 Å². The standard InChI is InChI=1S/C53H79NO9/c1-7-8-13-16-39-17-19-40(20-18-39)41-21-23-42(24-22-41)50(57)62-45-29-31-46(32-30-45)63-51(58)43-25-27-44(28-26-43)59-35-14-11-9-10-12-15-36-60-48(55)33-34-49(56)61-47-37-52(2,3)54(6)53(4,5)38-47/h25-32,39-42,47H,7-24,33-38H2,1-6H3. The molecule has 350 valence electrons. The number of carbonyl (C=O) groups is 4. The van der Waals surface area contributed by atoms with Crippen LogP contribution in [-0.2, 0) is 23.9 Å². The fourth-order valence-corrected chi connectivity index (χ4v) is 10.3. The summed E-state index contributed by atoms with van der Waals surface area (Å²) in [5, 5.41) is 0. The van der Waals surface area contributed by atoms with E-state index in [-0.39, 0.29) is 53.8 Å². The third kappa shape index (κ3) is 16.5. The van der Waals surface area contributed by atoms with Gasteiger partial charge in [0.1, 0.15) is 23.4 Å². The lowest BCUT2D eigenvalue weighted by Crippen LogP contribution is -2.60. The molecular formula is C53H79NO9. The molecule has 3 aliphatic rings. The van der Waals surface area contributed by atoms with E-state index in [1.807, 2.05) is 0 Å². The second-order valence-corrected chi connectivity index (χ2v) is 20.1. The highest BCUT2D eigenvalue weighted by Gasteiger charge is 2.44. The minimum absolute atomic E-state index is 0.0426. The van der Waals surface area contributed by atoms with Crippen LogP contribution in [0.15, 0.2) is 48.5 Å². The topological polar surface area (TPSA) is 118 Å². The van der Waals surface area contributed by atoms with E-state index in [2.05, 4.69) is 46.6 Å². The molecule has 1 heterocycles. The molecule has 2 aromatic rings. The molecule has 5 rings (SSSR count). The highest BCUT2D eigenvalue weighted by Crippen LogP contribution is 2.43. The van der Waals surface area contributed by atoms with E-state index in [1.54, 1.807) is 48.5 Å². The van der Waals surface area contributed by atoms with Crippen molar-refractivity contribution in [3.63, 3.8) is 0 Å². The maximum Gasteiger partial charge on any atom is 0.343 e. The summed E-state index contributed by atoms with van der Waals surface area (Å²) in [6.07, 6.45) is 22.3. The molecule has 3 fully saturated rings. The van der Waals surface area contributed by atoms with Crippen LogP contribution in [0.25, 0.3) is 0 Å². The first-order valence-electron chi connectivity index (χ1n) is 24.6. The second-order valence-electron chi connectivity index (χ2n) is 20.1. The first-order chi connectivity index (χ1) is 30.2. The molecule has 63 heavy (non-hydrogen) atoms. The van der Waals surface area contributed by atoms with Gasteiger partial charge in [-0.05, 0) is 152 Å². The van der Waals surface area contributed by atoms with Gasteiger partial charge in [0.2, 0.25) is 0 Å². The molecule has 2 saturated carbocycles. The maximum atomic E-state index is 13.0. The van der Waals surface area contributed by atoms with E-state index in [0.29, 0.717) is 36.0 Å². The van der Waals surface area contributed by atoms with Crippen molar-refractivity contribution in [2.24, 2.45) is 23.7 Å². The Morgan fingerprint density at radius 1 is 0.603 bits per heavy atom. The lowest BCUT2D eigenvalue weighted by atomic mass is 9.68. The van der Waals surface area contributed by atoms with Crippen molar-refractivity contribution in [3.8, 4) is 17.2 Å². The molecule has 0 aromatic heterocycles. The summed E-state index contributed by atoms with van der Waals surface area (Å²) in [6, 6.07) is 13.6. The van der Waals surface area contributed by atoms with Crippen LogP contribution in [0, 0.1) is 23.7 Å². The minimum Gasteiger partial charge on any atom is -0.494 e. The first kappa shape index (κ1) is 50.1. The van der Waals surface area contributed by atoms with Crippen molar-refractivity contribution in [3.05, 3.63) is 54.1 Å². The van der Waals surface area contributed by atoms with Gasteiger partial charge in [-0.2, -0.15) is 0 Å². The van der Waals surface area contributed by atoms with E-state index in [9.17, 15) is 19.2 Å².